The van der Waals surface area contributed by atoms with E-state index in [1.54, 1.807) is 24.6 Å². The average Bonchev–Trinajstić information content (AvgIpc) is 3.23. The van der Waals surface area contributed by atoms with Crippen molar-refractivity contribution in [2.45, 2.75) is 45.8 Å². The van der Waals surface area contributed by atoms with E-state index in [4.69, 9.17) is 15.2 Å². The number of ether oxygens (including phenoxy) is 2. The molecule has 0 spiro atoms. The number of hydrogen-bond donors (Lipinski definition) is 1. The minimum atomic E-state index is -0.487. The van der Waals surface area contributed by atoms with E-state index in [0.29, 0.717) is 24.1 Å². The molecule has 2 aromatic heterocycles. The maximum Gasteiger partial charge on any atom is 0.166 e. The van der Waals surface area contributed by atoms with Gasteiger partial charge in [0, 0.05) is 36.5 Å². The van der Waals surface area contributed by atoms with Crippen LogP contribution in [-0.4, -0.2) is 22.7 Å². The molecule has 156 valence electrons. The predicted molar refractivity (Wildman–Crippen MR) is 123 cm³/mol. The number of rotatable bonds is 6. The summed E-state index contributed by atoms with van der Waals surface area (Å²) in [5.74, 6) is 7.60. The smallest absolute Gasteiger partial charge is 0.166 e. The molecule has 0 radical (unpaired) electrons. The van der Waals surface area contributed by atoms with E-state index in [1.165, 1.54) is 0 Å². The molecule has 2 heterocycles. The maximum atomic E-state index is 6.04. The summed E-state index contributed by atoms with van der Waals surface area (Å²) in [6, 6.07) is 9.85. The van der Waals surface area contributed by atoms with Crippen molar-refractivity contribution in [2.24, 2.45) is 0 Å². The molecular weight excluding hydrogens is 394 g/mol. The highest BCUT2D eigenvalue weighted by Gasteiger charge is 2.12. The molecule has 0 aliphatic carbocycles. The molecule has 6 heteroatoms. The zero-order chi connectivity index (χ0) is 21.7. The highest BCUT2D eigenvalue weighted by atomic mass is 32.1. The van der Waals surface area contributed by atoms with Crippen LogP contribution in [0.4, 0.5) is 5.82 Å². The zero-order valence-electron chi connectivity index (χ0n) is 18.0. The van der Waals surface area contributed by atoms with E-state index in [2.05, 4.69) is 35.7 Å². The average molecular weight is 422 g/mol. The number of hydrogen-bond acceptors (Lipinski definition) is 6. The second-order valence-corrected chi connectivity index (χ2v) is 8.84. The second kappa shape index (κ2) is 9.29. The molecule has 0 saturated carbocycles. The Morgan fingerprint density at radius 2 is 1.97 bits per heavy atom. The lowest BCUT2D eigenvalue weighted by atomic mass is 10.1. The van der Waals surface area contributed by atoms with Crippen LogP contribution in [0.15, 0.2) is 42.7 Å². The fraction of sp³-hybridized carbons (Fsp3) is 0.333. The van der Waals surface area contributed by atoms with Gasteiger partial charge in [0.05, 0.1) is 9.88 Å². The number of anilines is 1. The molecule has 0 amide bonds. The van der Waals surface area contributed by atoms with Crippen LogP contribution in [-0.2, 0) is 11.3 Å². The van der Waals surface area contributed by atoms with Crippen molar-refractivity contribution in [1.29, 1.82) is 0 Å². The number of nitrogens with zero attached hydrogens (tertiary/aromatic N) is 2. The third kappa shape index (κ3) is 5.59. The number of aromatic nitrogens is 2. The van der Waals surface area contributed by atoms with Crippen LogP contribution in [0.5, 0.6) is 5.75 Å². The summed E-state index contributed by atoms with van der Waals surface area (Å²) < 4.78 is 11.3. The molecule has 0 atom stereocenters. The van der Waals surface area contributed by atoms with Crippen molar-refractivity contribution in [3.05, 3.63) is 58.9 Å². The molecule has 5 nitrogen and oxygen atoms in total. The van der Waals surface area contributed by atoms with Gasteiger partial charge in [0.2, 0.25) is 0 Å². The van der Waals surface area contributed by atoms with Crippen LogP contribution in [0.2, 0.25) is 0 Å². The Morgan fingerprint density at radius 3 is 2.67 bits per heavy atom. The van der Waals surface area contributed by atoms with Crippen molar-refractivity contribution < 1.29 is 9.47 Å². The molecule has 3 aromatic rings. The van der Waals surface area contributed by atoms with Crippen LogP contribution in [0, 0.1) is 11.8 Å². The van der Waals surface area contributed by atoms with E-state index in [1.807, 2.05) is 50.4 Å². The Hall–Kier alpha value is -2.88. The molecule has 0 saturated heterocycles. The first kappa shape index (κ1) is 21.8. The molecule has 0 fully saturated rings. The predicted octanol–water partition coefficient (Wildman–Crippen LogP) is 5.27. The molecule has 30 heavy (non-hydrogen) atoms. The van der Waals surface area contributed by atoms with Gasteiger partial charge in [-0.05, 0) is 37.6 Å². The fourth-order valence-corrected chi connectivity index (χ4v) is 3.47. The van der Waals surface area contributed by atoms with E-state index in [-0.39, 0.29) is 0 Å². The van der Waals surface area contributed by atoms with Gasteiger partial charge >= 0.3 is 0 Å². The van der Waals surface area contributed by atoms with Crippen molar-refractivity contribution >= 4 is 17.2 Å². The number of nitrogen functional groups attached to an aromatic ring is 1. The lowest BCUT2D eigenvalue weighted by molar-refractivity contribution is 0.0742. The van der Waals surface area contributed by atoms with Gasteiger partial charge < -0.3 is 15.2 Å². The summed E-state index contributed by atoms with van der Waals surface area (Å²) in [6.45, 7) is 8.50. The zero-order valence-corrected chi connectivity index (χ0v) is 18.8. The summed E-state index contributed by atoms with van der Waals surface area (Å²) in [5.41, 5.74) is 8.41. The Balaban J connectivity index is 1.75. The Labute approximate surface area is 182 Å². The molecule has 0 aliphatic rings. The fourth-order valence-electron chi connectivity index (χ4n) is 2.57. The molecule has 0 unspecified atom stereocenters. The first-order valence-corrected chi connectivity index (χ1v) is 10.6. The van der Waals surface area contributed by atoms with Gasteiger partial charge in [-0.15, -0.1) is 11.3 Å². The summed E-state index contributed by atoms with van der Waals surface area (Å²) in [7, 11) is 1.65. The first-order valence-electron chi connectivity index (χ1n) is 9.79. The van der Waals surface area contributed by atoms with E-state index in [9.17, 15) is 0 Å². The number of pyridine rings is 1. The molecular formula is C24H27N3O2S. The second-order valence-electron chi connectivity index (χ2n) is 7.78. The highest BCUT2D eigenvalue weighted by Crippen LogP contribution is 2.33. The normalized spacial score (nSPS) is 11.3. The number of benzene rings is 1. The number of thiazole rings is 1. The largest absolute Gasteiger partial charge is 0.485 e. The first-order chi connectivity index (χ1) is 14.3. The quantitative estimate of drug-likeness (QED) is 0.549. The van der Waals surface area contributed by atoms with E-state index < -0.39 is 5.60 Å². The Morgan fingerprint density at radius 1 is 1.17 bits per heavy atom. The molecule has 2 N–H and O–H groups in total. The van der Waals surface area contributed by atoms with Gasteiger partial charge in [-0.1, -0.05) is 37.8 Å². The monoisotopic (exact) mass is 421 g/mol. The van der Waals surface area contributed by atoms with Crippen molar-refractivity contribution in [1.82, 2.24) is 9.97 Å². The molecule has 0 bridgehead atoms. The van der Waals surface area contributed by atoms with Crippen LogP contribution in [0.25, 0.3) is 10.4 Å². The molecule has 3 rings (SSSR count). The topological polar surface area (TPSA) is 70.3 Å². The van der Waals surface area contributed by atoms with Crippen LogP contribution >= 0.6 is 11.3 Å². The summed E-state index contributed by atoms with van der Waals surface area (Å²) in [5, 5.41) is 1.10. The van der Waals surface area contributed by atoms with Crippen LogP contribution in [0.1, 0.15) is 49.7 Å². The van der Waals surface area contributed by atoms with Crippen molar-refractivity contribution in [2.75, 3.05) is 12.8 Å². The van der Waals surface area contributed by atoms with Crippen LogP contribution in [0.3, 0.4) is 0 Å². The highest BCUT2D eigenvalue weighted by molar-refractivity contribution is 7.15. The van der Waals surface area contributed by atoms with Gasteiger partial charge in [0.25, 0.3) is 0 Å². The van der Waals surface area contributed by atoms with Crippen molar-refractivity contribution in [3.8, 4) is 28.0 Å². The van der Waals surface area contributed by atoms with E-state index in [0.717, 1.165) is 26.6 Å². The third-order valence-corrected chi connectivity index (χ3v) is 5.87. The maximum absolute atomic E-state index is 6.04. The van der Waals surface area contributed by atoms with Crippen LogP contribution < -0.4 is 10.5 Å². The molecule has 1 aromatic carbocycles. The van der Waals surface area contributed by atoms with Crippen molar-refractivity contribution in [3.63, 3.8) is 0 Å². The van der Waals surface area contributed by atoms with Gasteiger partial charge in [-0.2, -0.15) is 0 Å². The number of nitrogens with two attached hydrogens (primary N) is 1. The van der Waals surface area contributed by atoms with E-state index >= 15 is 0 Å². The Bertz CT molecular complexity index is 1080. The lowest BCUT2D eigenvalue weighted by Gasteiger charge is -2.14. The summed E-state index contributed by atoms with van der Waals surface area (Å²) in [4.78, 5) is 9.84. The van der Waals surface area contributed by atoms with Gasteiger partial charge in [-0.3, -0.25) is 0 Å². The van der Waals surface area contributed by atoms with Gasteiger partial charge in [0.1, 0.15) is 12.2 Å². The minimum Gasteiger partial charge on any atom is -0.485 e. The summed E-state index contributed by atoms with van der Waals surface area (Å²) >= 11 is 1.66. The Kier molecular flexibility index (Phi) is 6.76. The lowest BCUT2D eigenvalue weighted by Crippen LogP contribution is -2.19. The summed E-state index contributed by atoms with van der Waals surface area (Å²) in [6.07, 6.45) is 3.63. The standard InChI is InChI=1S/C24H27N3O2S/c1-16(2)23-27-14-21(30-23)19-12-20(22(25)26-13-19)29-15-18-8-6-7-17(11-18)9-10-24(3,4)28-5/h6-8,11-14,16H,15H2,1-5H3,(H2,25,26). The van der Waals surface area contributed by atoms with Gasteiger partial charge in [0.15, 0.2) is 11.6 Å². The molecule has 0 aliphatic heterocycles. The SMILES string of the molecule is COC(C)(C)C#Cc1cccc(COc2cc(-c3cnc(C(C)C)s3)cnc2N)c1. The third-order valence-electron chi connectivity index (χ3n) is 4.52. The number of methoxy groups -OCH3 is 1. The minimum absolute atomic E-state index is 0.366. The van der Waals surface area contributed by atoms with Gasteiger partial charge in [-0.25, -0.2) is 9.97 Å².